The van der Waals surface area contributed by atoms with E-state index >= 15 is 0 Å². The molecule has 2 heterocycles. The molecule has 0 bridgehead atoms. The van der Waals surface area contributed by atoms with E-state index in [9.17, 15) is 4.57 Å². The molecular formula is C24H22ClN4O3P. The summed E-state index contributed by atoms with van der Waals surface area (Å²) in [6.07, 6.45) is 2.16. The minimum atomic E-state index is -3.51. The van der Waals surface area contributed by atoms with Crippen LogP contribution in [0.3, 0.4) is 0 Å². The fourth-order valence-electron chi connectivity index (χ4n) is 3.89. The van der Waals surface area contributed by atoms with Crippen molar-refractivity contribution in [3.8, 4) is 22.6 Å². The smallest absolute Gasteiger partial charge is 0.304 e. The fraction of sp³-hybridized carbons (Fsp3) is 0.167. The number of hydrogen-bond donors (Lipinski definition) is 2. The largest absolute Gasteiger partial charge is 0.494 e. The number of halogens is 1. The maximum Gasteiger partial charge on any atom is 0.304 e. The van der Waals surface area contributed by atoms with Crippen LogP contribution in [0.5, 0.6) is 11.5 Å². The number of aromatic amines is 1. The number of aromatic nitrogens is 3. The number of fused-ring (bicyclic) bond motifs is 3. The van der Waals surface area contributed by atoms with Crippen molar-refractivity contribution >= 4 is 30.2 Å². The number of nitrogens with one attached hydrogen (secondary N) is 2. The predicted molar refractivity (Wildman–Crippen MR) is 130 cm³/mol. The lowest BCUT2D eigenvalue weighted by Crippen LogP contribution is -2.26. The molecule has 0 spiro atoms. The molecule has 0 radical (unpaired) electrons. The van der Waals surface area contributed by atoms with Crippen LogP contribution in [0.15, 0.2) is 79.1 Å². The van der Waals surface area contributed by atoms with E-state index in [0.29, 0.717) is 29.5 Å². The lowest BCUT2D eigenvalue weighted by molar-refractivity contribution is 0.318. The number of H-pyrrole nitrogens is 1. The number of anilines is 1. The highest BCUT2D eigenvalue weighted by molar-refractivity contribution is 7.68. The highest BCUT2D eigenvalue weighted by Gasteiger charge is 2.44. The Balaban J connectivity index is 1.58. The molecule has 4 aromatic rings. The van der Waals surface area contributed by atoms with Gasteiger partial charge in [0, 0.05) is 11.4 Å². The number of para-hydroxylation sites is 1. The van der Waals surface area contributed by atoms with E-state index in [1.54, 1.807) is 0 Å². The zero-order valence-corrected chi connectivity index (χ0v) is 19.3. The normalized spacial score (nSPS) is 17.4. The van der Waals surface area contributed by atoms with Crippen molar-refractivity contribution in [3.05, 3.63) is 84.7 Å². The summed E-state index contributed by atoms with van der Waals surface area (Å²) in [4.78, 5) is 4.18. The van der Waals surface area contributed by atoms with E-state index in [0.717, 1.165) is 28.9 Å². The Labute approximate surface area is 196 Å². The van der Waals surface area contributed by atoms with Gasteiger partial charge in [0.05, 0.1) is 11.9 Å². The molecular weight excluding hydrogens is 459 g/mol. The fourth-order valence-corrected chi connectivity index (χ4v) is 6.61. The second-order valence-electron chi connectivity index (χ2n) is 7.54. The van der Waals surface area contributed by atoms with Crippen LogP contribution in [-0.2, 0) is 4.57 Å². The predicted octanol–water partition coefficient (Wildman–Crippen LogP) is 5.59. The first-order valence-corrected chi connectivity index (χ1v) is 12.8. The summed E-state index contributed by atoms with van der Waals surface area (Å²) >= 11 is 5.73. The van der Waals surface area contributed by atoms with E-state index in [1.165, 1.54) is 6.33 Å². The van der Waals surface area contributed by atoms with Gasteiger partial charge in [-0.25, -0.2) is 10.1 Å². The molecule has 0 saturated carbocycles. The number of rotatable bonds is 8. The van der Waals surface area contributed by atoms with Crippen LogP contribution in [0.2, 0.25) is 0 Å². The molecule has 5 rings (SSSR count). The highest BCUT2D eigenvalue weighted by atomic mass is 35.5. The number of alkyl halides is 1. The van der Waals surface area contributed by atoms with Crippen LogP contribution in [0.1, 0.15) is 17.8 Å². The molecule has 7 nitrogen and oxygen atoms in total. The van der Waals surface area contributed by atoms with Crippen molar-refractivity contribution in [1.82, 2.24) is 15.2 Å². The SMILES string of the molecule is O=P1(C(Nc2ncn[nH]2)c2ccc(OCCCCl)cc2)Oc2ccccc2-c2ccccc21. The molecule has 33 heavy (non-hydrogen) atoms. The van der Waals surface area contributed by atoms with Gasteiger partial charge in [-0.05, 0) is 41.8 Å². The molecule has 0 amide bonds. The van der Waals surface area contributed by atoms with E-state index in [-0.39, 0.29) is 0 Å². The van der Waals surface area contributed by atoms with Gasteiger partial charge in [-0.3, -0.25) is 4.57 Å². The first-order chi connectivity index (χ1) is 16.2. The van der Waals surface area contributed by atoms with E-state index in [4.69, 9.17) is 20.9 Å². The number of ether oxygens (including phenoxy) is 1. The van der Waals surface area contributed by atoms with Crippen LogP contribution in [0.4, 0.5) is 5.95 Å². The third-order valence-electron chi connectivity index (χ3n) is 5.42. The van der Waals surface area contributed by atoms with Crippen LogP contribution in [0, 0.1) is 0 Å². The number of benzene rings is 3. The monoisotopic (exact) mass is 480 g/mol. The molecule has 1 aliphatic heterocycles. The topological polar surface area (TPSA) is 89.1 Å². The Bertz CT molecular complexity index is 1280. The molecule has 2 N–H and O–H groups in total. The molecule has 168 valence electrons. The Morgan fingerprint density at radius 1 is 1.03 bits per heavy atom. The summed E-state index contributed by atoms with van der Waals surface area (Å²) in [5.41, 5.74) is 2.59. The van der Waals surface area contributed by atoms with Gasteiger partial charge in [0.2, 0.25) is 5.95 Å². The Morgan fingerprint density at radius 2 is 1.79 bits per heavy atom. The third kappa shape index (κ3) is 4.22. The van der Waals surface area contributed by atoms with Crippen molar-refractivity contribution in [3.63, 3.8) is 0 Å². The zero-order valence-electron chi connectivity index (χ0n) is 17.6. The van der Waals surface area contributed by atoms with Crippen molar-refractivity contribution in [2.24, 2.45) is 0 Å². The van der Waals surface area contributed by atoms with Crippen LogP contribution < -0.4 is 19.9 Å². The molecule has 2 atom stereocenters. The molecule has 1 aliphatic rings. The van der Waals surface area contributed by atoms with Crippen molar-refractivity contribution < 1.29 is 13.8 Å². The number of hydrogen-bond acceptors (Lipinski definition) is 6. The summed E-state index contributed by atoms with van der Waals surface area (Å²) < 4.78 is 26.8. The van der Waals surface area contributed by atoms with Crippen molar-refractivity contribution in [2.45, 2.75) is 12.2 Å². The van der Waals surface area contributed by atoms with Gasteiger partial charge >= 0.3 is 7.37 Å². The first kappa shape index (κ1) is 21.6. The van der Waals surface area contributed by atoms with Gasteiger partial charge in [-0.15, -0.1) is 11.6 Å². The molecule has 0 fully saturated rings. The molecule has 2 unspecified atom stereocenters. The highest BCUT2D eigenvalue weighted by Crippen LogP contribution is 2.63. The minimum Gasteiger partial charge on any atom is -0.494 e. The number of nitrogens with zero attached hydrogens (tertiary/aromatic N) is 2. The first-order valence-electron chi connectivity index (χ1n) is 10.6. The second kappa shape index (κ2) is 9.30. The average Bonchev–Trinajstić information content (AvgIpc) is 3.37. The molecule has 1 aromatic heterocycles. The van der Waals surface area contributed by atoms with E-state index in [1.807, 2.05) is 72.8 Å². The van der Waals surface area contributed by atoms with E-state index in [2.05, 4.69) is 20.5 Å². The molecule has 0 saturated heterocycles. The van der Waals surface area contributed by atoms with Gasteiger partial charge in [0.15, 0.2) is 0 Å². The van der Waals surface area contributed by atoms with Gasteiger partial charge < -0.3 is 14.6 Å². The minimum absolute atomic E-state index is 0.401. The van der Waals surface area contributed by atoms with Crippen LogP contribution in [0.25, 0.3) is 11.1 Å². The standard InChI is InChI=1S/C24H22ClN4O3P/c25-14-5-15-31-18-12-10-17(11-13-18)23(28-24-26-16-27-29-24)33(30)22-9-4-2-7-20(22)19-6-1-3-8-21(19)32-33/h1-4,6-13,16,23H,5,14-15H2,(H2,26,27,28,29). The van der Waals surface area contributed by atoms with Crippen LogP contribution in [-0.4, -0.2) is 27.7 Å². The van der Waals surface area contributed by atoms with E-state index < -0.39 is 13.2 Å². The third-order valence-corrected chi connectivity index (χ3v) is 8.33. The molecule has 9 heteroatoms. The Morgan fingerprint density at radius 3 is 2.55 bits per heavy atom. The maximum atomic E-state index is 14.7. The summed E-state index contributed by atoms with van der Waals surface area (Å²) in [6.45, 7) is 0.536. The second-order valence-corrected chi connectivity index (χ2v) is 10.3. The van der Waals surface area contributed by atoms with Gasteiger partial charge in [0.1, 0.15) is 23.6 Å². The molecule has 0 aliphatic carbocycles. The summed E-state index contributed by atoms with van der Waals surface area (Å²) in [6, 6.07) is 22.8. The maximum absolute atomic E-state index is 14.7. The average molecular weight is 481 g/mol. The van der Waals surface area contributed by atoms with Crippen molar-refractivity contribution in [1.29, 1.82) is 0 Å². The Kier molecular flexibility index (Phi) is 6.07. The van der Waals surface area contributed by atoms with Crippen molar-refractivity contribution in [2.75, 3.05) is 17.8 Å². The summed E-state index contributed by atoms with van der Waals surface area (Å²) in [5, 5.41) is 10.6. The summed E-state index contributed by atoms with van der Waals surface area (Å²) in [5.74, 6) is 1.54. The quantitative estimate of drug-likeness (QED) is 0.194. The lowest BCUT2D eigenvalue weighted by Gasteiger charge is -2.34. The summed E-state index contributed by atoms with van der Waals surface area (Å²) in [7, 11) is -3.51. The Hall–Kier alpha value is -3.28. The van der Waals surface area contributed by atoms with Gasteiger partial charge in [-0.2, -0.15) is 5.10 Å². The van der Waals surface area contributed by atoms with Gasteiger partial charge in [0.25, 0.3) is 0 Å². The van der Waals surface area contributed by atoms with Gasteiger partial charge in [-0.1, -0.05) is 48.5 Å². The zero-order chi connectivity index (χ0) is 22.7. The lowest BCUT2D eigenvalue weighted by atomic mass is 10.0. The van der Waals surface area contributed by atoms with Crippen LogP contribution >= 0.6 is 19.0 Å². The molecule has 3 aromatic carbocycles.